The summed E-state index contributed by atoms with van der Waals surface area (Å²) < 4.78 is 7.33. The smallest absolute Gasteiger partial charge is 0.409 e. The summed E-state index contributed by atoms with van der Waals surface area (Å²) in [7, 11) is 0. The van der Waals surface area contributed by atoms with Crippen LogP contribution in [0.1, 0.15) is 39.6 Å². The van der Waals surface area contributed by atoms with Crippen LogP contribution in [0.3, 0.4) is 0 Å². The molecule has 1 aromatic carbocycles. The zero-order valence-electron chi connectivity index (χ0n) is 17.9. The second-order valence-corrected chi connectivity index (χ2v) is 7.34. The monoisotopic (exact) mass is 459 g/mol. The van der Waals surface area contributed by atoms with Crippen LogP contribution in [0.2, 0.25) is 0 Å². The number of hydrogen-bond donors (Lipinski definition) is 1. The lowest BCUT2D eigenvalue weighted by molar-refractivity contribution is -0.114. The second-order valence-electron chi connectivity index (χ2n) is 7.34. The molecule has 30 heavy (non-hydrogen) atoms. The van der Waals surface area contributed by atoms with Crippen molar-refractivity contribution in [2.75, 3.05) is 38.1 Å². The van der Waals surface area contributed by atoms with E-state index >= 15 is 0 Å². The normalized spacial score (nSPS) is 14.2. The second kappa shape index (κ2) is 11.4. The van der Waals surface area contributed by atoms with E-state index in [1.165, 1.54) is 6.92 Å². The summed E-state index contributed by atoms with van der Waals surface area (Å²) in [5.41, 5.74) is 2.69. The molecule has 1 aliphatic rings. The number of hydrogen-bond acceptors (Lipinski definition) is 5. The van der Waals surface area contributed by atoms with E-state index in [2.05, 4.69) is 28.6 Å². The number of nitrogens with one attached hydrogen (secondary N) is 1. The van der Waals surface area contributed by atoms with E-state index in [4.69, 9.17) is 9.72 Å². The molecule has 0 bridgehead atoms. The van der Waals surface area contributed by atoms with Crippen molar-refractivity contribution >= 4 is 53.5 Å². The molecule has 1 aliphatic heterocycles. The van der Waals surface area contributed by atoms with Crippen molar-refractivity contribution in [3.05, 3.63) is 24.0 Å². The maximum Gasteiger partial charge on any atom is 0.409 e. The minimum absolute atomic E-state index is 0. The van der Waals surface area contributed by atoms with Gasteiger partial charge in [-0.15, -0.1) is 24.8 Å². The first-order valence-corrected chi connectivity index (χ1v) is 9.81. The number of imidazole rings is 1. The van der Waals surface area contributed by atoms with E-state index in [0.29, 0.717) is 19.7 Å². The van der Waals surface area contributed by atoms with Gasteiger partial charge >= 0.3 is 6.09 Å². The van der Waals surface area contributed by atoms with Crippen molar-refractivity contribution in [1.29, 1.82) is 0 Å². The lowest BCUT2D eigenvalue weighted by Gasteiger charge is -2.34. The molecule has 0 aliphatic carbocycles. The maximum atomic E-state index is 11.9. The molecule has 2 aromatic rings. The van der Waals surface area contributed by atoms with Crippen LogP contribution in [-0.2, 0) is 16.1 Å². The van der Waals surface area contributed by atoms with Crippen LogP contribution in [0.25, 0.3) is 11.0 Å². The van der Waals surface area contributed by atoms with Crippen LogP contribution >= 0.6 is 24.8 Å². The zero-order chi connectivity index (χ0) is 20.3. The number of anilines is 1. The molecule has 1 saturated heterocycles. The van der Waals surface area contributed by atoms with Crippen molar-refractivity contribution in [2.24, 2.45) is 0 Å². The number of ether oxygens (including phenoxy) is 1. The van der Waals surface area contributed by atoms with Gasteiger partial charge in [-0.1, -0.05) is 0 Å². The molecule has 0 spiro atoms. The first-order valence-electron chi connectivity index (χ1n) is 9.81. The van der Waals surface area contributed by atoms with Gasteiger partial charge in [-0.3, -0.25) is 9.69 Å². The molecular formula is C20H31Cl2N5O3. The van der Waals surface area contributed by atoms with E-state index in [-0.39, 0.29) is 42.9 Å². The molecule has 3 rings (SSSR count). The molecule has 1 N–H and O–H groups in total. The Labute approximate surface area is 189 Å². The van der Waals surface area contributed by atoms with Gasteiger partial charge in [0.2, 0.25) is 5.91 Å². The van der Waals surface area contributed by atoms with Crippen molar-refractivity contribution in [2.45, 2.75) is 40.3 Å². The Kier molecular flexibility index (Phi) is 9.87. The molecule has 10 heteroatoms. The summed E-state index contributed by atoms with van der Waals surface area (Å²) in [5, 5.41) is 2.81. The van der Waals surface area contributed by atoms with Crippen LogP contribution in [0.4, 0.5) is 10.5 Å². The van der Waals surface area contributed by atoms with E-state index in [9.17, 15) is 9.59 Å². The Balaban J connectivity index is 0.00000225. The highest BCUT2D eigenvalue weighted by Crippen LogP contribution is 2.25. The van der Waals surface area contributed by atoms with Gasteiger partial charge < -0.3 is 19.5 Å². The van der Waals surface area contributed by atoms with Crippen LogP contribution in [0.5, 0.6) is 0 Å². The standard InChI is InChI=1S/C20H29N5O3.2ClH/c1-5-28-20(27)24-10-8-23(9-11-24)13-19-22-17-12-16(21-15(4)26)6-7-18(17)25(19)14(2)3;;/h6-7,12,14H,5,8-11,13H2,1-4H3,(H,21,26);2*1H. The third-order valence-electron chi connectivity index (χ3n) is 4.86. The predicted octanol–water partition coefficient (Wildman–Crippen LogP) is 3.69. The molecule has 2 heterocycles. The van der Waals surface area contributed by atoms with Gasteiger partial charge in [0, 0.05) is 44.8 Å². The summed E-state index contributed by atoms with van der Waals surface area (Å²) in [6.07, 6.45) is -0.234. The Morgan fingerprint density at radius 1 is 1.17 bits per heavy atom. The highest BCUT2D eigenvalue weighted by molar-refractivity contribution is 5.91. The molecular weight excluding hydrogens is 429 g/mol. The van der Waals surface area contributed by atoms with E-state index in [1.54, 1.807) is 4.90 Å². The molecule has 0 unspecified atom stereocenters. The number of amides is 2. The van der Waals surface area contributed by atoms with Crippen LogP contribution in [0.15, 0.2) is 18.2 Å². The zero-order valence-corrected chi connectivity index (χ0v) is 19.5. The Morgan fingerprint density at radius 2 is 1.83 bits per heavy atom. The number of aromatic nitrogens is 2. The molecule has 0 saturated carbocycles. The van der Waals surface area contributed by atoms with Gasteiger partial charge in [-0.25, -0.2) is 9.78 Å². The maximum absolute atomic E-state index is 11.9. The summed E-state index contributed by atoms with van der Waals surface area (Å²) in [6.45, 7) is 11.6. The molecule has 0 radical (unpaired) electrons. The predicted molar refractivity (Wildman–Crippen MR) is 123 cm³/mol. The number of carbonyl (C=O) groups is 2. The summed E-state index contributed by atoms with van der Waals surface area (Å²) in [4.78, 5) is 32.1. The minimum Gasteiger partial charge on any atom is -0.450 e. The molecule has 2 amide bonds. The summed E-state index contributed by atoms with van der Waals surface area (Å²) in [6, 6.07) is 6.10. The van der Waals surface area contributed by atoms with Crippen LogP contribution in [0, 0.1) is 0 Å². The largest absolute Gasteiger partial charge is 0.450 e. The molecule has 168 valence electrons. The topological polar surface area (TPSA) is 79.7 Å². The Hall–Kier alpha value is -2.03. The highest BCUT2D eigenvalue weighted by atomic mass is 35.5. The number of benzene rings is 1. The fourth-order valence-electron chi connectivity index (χ4n) is 3.62. The average Bonchev–Trinajstić information content (AvgIpc) is 2.99. The number of piperazine rings is 1. The van der Waals surface area contributed by atoms with Crippen LogP contribution < -0.4 is 5.32 Å². The number of nitrogens with zero attached hydrogens (tertiary/aromatic N) is 4. The average molecular weight is 460 g/mol. The molecule has 8 nitrogen and oxygen atoms in total. The van der Waals surface area contributed by atoms with E-state index in [0.717, 1.165) is 42.2 Å². The summed E-state index contributed by atoms with van der Waals surface area (Å²) >= 11 is 0. The molecule has 1 fully saturated rings. The lowest BCUT2D eigenvalue weighted by Crippen LogP contribution is -2.48. The van der Waals surface area contributed by atoms with Gasteiger partial charge in [-0.05, 0) is 39.0 Å². The van der Waals surface area contributed by atoms with E-state index in [1.807, 2.05) is 25.1 Å². The summed E-state index contributed by atoms with van der Waals surface area (Å²) in [5.74, 6) is 0.900. The fraction of sp³-hybridized carbons (Fsp3) is 0.550. The minimum atomic E-state index is -0.234. The highest BCUT2D eigenvalue weighted by Gasteiger charge is 2.24. The van der Waals surface area contributed by atoms with Gasteiger partial charge in [0.1, 0.15) is 5.82 Å². The Morgan fingerprint density at radius 3 is 2.40 bits per heavy atom. The van der Waals surface area contributed by atoms with Gasteiger partial charge in [-0.2, -0.15) is 0 Å². The van der Waals surface area contributed by atoms with Crippen molar-refractivity contribution in [3.63, 3.8) is 0 Å². The third-order valence-corrected chi connectivity index (χ3v) is 4.86. The molecule has 0 atom stereocenters. The molecule has 1 aromatic heterocycles. The SMILES string of the molecule is CCOC(=O)N1CCN(Cc2nc3cc(NC(C)=O)ccc3n2C(C)C)CC1.Cl.Cl. The number of rotatable bonds is 5. The first-order chi connectivity index (χ1) is 13.4. The number of carbonyl (C=O) groups excluding carboxylic acids is 2. The van der Waals surface area contributed by atoms with Gasteiger partial charge in [0.15, 0.2) is 0 Å². The van der Waals surface area contributed by atoms with Crippen molar-refractivity contribution in [1.82, 2.24) is 19.4 Å². The third kappa shape index (κ3) is 6.00. The first kappa shape index (κ1) is 26.0. The van der Waals surface area contributed by atoms with Gasteiger partial charge in [0.25, 0.3) is 0 Å². The number of fused-ring (bicyclic) bond motifs is 1. The van der Waals surface area contributed by atoms with Crippen LogP contribution in [-0.4, -0.2) is 64.1 Å². The lowest BCUT2D eigenvalue weighted by atomic mass is 10.2. The van der Waals surface area contributed by atoms with E-state index < -0.39 is 0 Å². The van der Waals surface area contributed by atoms with Gasteiger partial charge in [0.05, 0.1) is 24.2 Å². The van der Waals surface area contributed by atoms with Crippen molar-refractivity contribution in [3.8, 4) is 0 Å². The van der Waals surface area contributed by atoms with Crippen molar-refractivity contribution < 1.29 is 14.3 Å². The Bertz CT molecular complexity index is 863. The number of halogens is 2. The fourth-order valence-corrected chi connectivity index (χ4v) is 3.62. The quantitative estimate of drug-likeness (QED) is 0.736.